The molecule has 2 amide bonds. The number of hydrogen-bond donors (Lipinski definition) is 4. The van der Waals surface area contributed by atoms with Crippen molar-refractivity contribution < 1.29 is 24.7 Å². The predicted octanol–water partition coefficient (Wildman–Crippen LogP) is 8.00. The molecule has 8 heteroatoms. The van der Waals surface area contributed by atoms with Gasteiger partial charge in [-0.2, -0.15) is 5.06 Å². The minimum absolute atomic E-state index is 0.0165. The lowest BCUT2D eigenvalue weighted by Gasteiger charge is -2.70. The van der Waals surface area contributed by atoms with Crippen LogP contribution in [0.2, 0.25) is 0 Å². The third-order valence-electron chi connectivity index (χ3n) is 17.3. The Bertz CT molecular complexity index is 1500. The molecule has 0 radical (unpaired) electrons. The van der Waals surface area contributed by atoms with E-state index >= 15 is 0 Å². The van der Waals surface area contributed by atoms with Gasteiger partial charge in [-0.15, -0.1) is 0 Å². The summed E-state index contributed by atoms with van der Waals surface area (Å²) in [4.78, 5) is 43.2. The molecule has 1 aliphatic heterocycles. The van der Waals surface area contributed by atoms with Crippen molar-refractivity contribution in [3.05, 3.63) is 11.6 Å². The summed E-state index contributed by atoms with van der Waals surface area (Å²) >= 11 is 0. The average molecular weight is 724 g/mol. The highest BCUT2D eigenvalue weighted by Crippen LogP contribution is 2.75. The Kier molecular flexibility index (Phi) is 9.49. The number of aliphatic hydroxyl groups excluding tert-OH is 1. The maximum Gasteiger partial charge on any atom is 0.243 e. The Morgan fingerprint density at radius 3 is 2.02 bits per heavy atom. The van der Waals surface area contributed by atoms with Crippen LogP contribution in [0.4, 0.5) is 0 Å². The van der Waals surface area contributed by atoms with E-state index in [0.29, 0.717) is 25.2 Å². The topological polar surface area (TPSA) is 119 Å². The van der Waals surface area contributed by atoms with Crippen molar-refractivity contribution in [1.82, 2.24) is 15.7 Å². The summed E-state index contributed by atoms with van der Waals surface area (Å²) in [5.41, 5.74) is -1.09. The number of fused-ring (bicyclic) bond motifs is 7. The molecule has 1 saturated heterocycles. The number of piperidine rings is 1. The molecule has 0 bridgehead atoms. The van der Waals surface area contributed by atoms with Gasteiger partial charge in [0.05, 0.1) is 6.10 Å². The summed E-state index contributed by atoms with van der Waals surface area (Å²) in [6.45, 7) is 28.1. The Hall–Kier alpha value is -1.77. The van der Waals surface area contributed by atoms with Gasteiger partial charge < -0.3 is 20.9 Å². The molecule has 4 N–H and O–H groups in total. The number of hydroxylamine groups is 2. The largest absolute Gasteiger partial charge is 0.393 e. The SMILES string of the molecule is CC(C)[C@H](NC(=O)[C@@]1(C)CC[C@]2(C)CC[C@]3(C)C(=CC(=O)[C@@H]4[C@@]5(C)CC[C@H](O)C(C)(C)[C@@H]5CC[C@]43C)[C@@H]2C1)C(=O)NC1CC(C)(C)N(O)C(C)(C)C1. The zero-order valence-electron chi connectivity index (χ0n) is 35.0. The van der Waals surface area contributed by atoms with Gasteiger partial charge in [0.25, 0.3) is 0 Å². The molecule has 1 heterocycles. The van der Waals surface area contributed by atoms with Gasteiger partial charge in [-0.05, 0) is 149 Å². The number of hydrogen-bond acceptors (Lipinski definition) is 6. The number of ketones is 1. The van der Waals surface area contributed by atoms with Crippen molar-refractivity contribution in [2.24, 2.45) is 56.2 Å². The van der Waals surface area contributed by atoms with Gasteiger partial charge in [-0.3, -0.25) is 14.4 Å². The summed E-state index contributed by atoms with van der Waals surface area (Å²) in [5, 5.41) is 29.8. The molecule has 6 aliphatic rings. The van der Waals surface area contributed by atoms with Gasteiger partial charge in [-0.25, -0.2) is 0 Å². The second kappa shape index (κ2) is 12.4. The van der Waals surface area contributed by atoms with Gasteiger partial charge >= 0.3 is 0 Å². The van der Waals surface area contributed by atoms with E-state index in [4.69, 9.17) is 0 Å². The zero-order chi connectivity index (χ0) is 38.8. The van der Waals surface area contributed by atoms with Gasteiger partial charge in [0.1, 0.15) is 6.04 Å². The highest BCUT2D eigenvalue weighted by atomic mass is 16.5. The number of carbonyl (C=O) groups excluding carboxylic acids is 3. The Labute approximate surface area is 315 Å². The number of nitrogens with zero attached hydrogens (tertiary/aromatic N) is 1. The number of aliphatic hydroxyl groups is 1. The van der Waals surface area contributed by atoms with E-state index in [9.17, 15) is 24.7 Å². The fraction of sp³-hybridized carbons (Fsp3) is 0.886. The van der Waals surface area contributed by atoms with E-state index in [-0.39, 0.29) is 74.6 Å². The first-order valence-electron chi connectivity index (χ1n) is 20.7. The predicted molar refractivity (Wildman–Crippen MR) is 205 cm³/mol. The van der Waals surface area contributed by atoms with Crippen LogP contribution in [0.15, 0.2) is 11.6 Å². The van der Waals surface area contributed by atoms with Crippen LogP contribution in [0, 0.1) is 56.2 Å². The number of carbonyl (C=O) groups is 3. The molecule has 5 aliphatic carbocycles. The standard InChI is InChI=1S/C44H73N3O5/c1-26(2)33(35(50)45-27-23-37(3,4)47(52)38(5,6)24-27)46-36(51)41(10)19-18-40(9)20-21-43(12)28(29(40)25-41)22-30(48)34-42(11)16-15-32(49)39(7,8)31(42)14-17-44(34,43)13/h22,26-27,29,31-34,49,52H,14-21,23-25H2,1-13H3,(H,45,50)(H,46,51)/t29-,31-,32-,33-,34+,40+,41-,42-,43+,44+/m0/s1. The van der Waals surface area contributed by atoms with E-state index in [1.165, 1.54) is 10.6 Å². The summed E-state index contributed by atoms with van der Waals surface area (Å²) in [5.74, 6) is 0.278. The number of amides is 2. The van der Waals surface area contributed by atoms with Crippen molar-refractivity contribution >= 4 is 17.6 Å². The maximum atomic E-state index is 14.7. The van der Waals surface area contributed by atoms with Crippen LogP contribution in [0.25, 0.3) is 0 Å². The van der Waals surface area contributed by atoms with Crippen LogP contribution in [0.1, 0.15) is 161 Å². The van der Waals surface area contributed by atoms with Crippen LogP contribution in [-0.2, 0) is 14.4 Å². The van der Waals surface area contributed by atoms with Gasteiger partial charge in [0, 0.05) is 28.5 Å². The molecule has 10 atom stereocenters. The second-order valence-corrected chi connectivity index (χ2v) is 22.4. The summed E-state index contributed by atoms with van der Waals surface area (Å²) in [7, 11) is 0. The minimum atomic E-state index is -0.670. The van der Waals surface area contributed by atoms with Gasteiger partial charge in [-0.1, -0.05) is 67.9 Å². The van der Waals surface area contributed by atoms with E-state index < -0.39 is 22.5 Å². The maximum absolute atomic E-state index is 14.7. The fourth-order valence-electron chi connectivity index (χ4n) is 13.9. The molecular weight excluding hydrogens is 651 g/mol. The number of nitrogens with one attached hydrogen (secondary N) is 2. The molecule has 0 aromatic carbocycles. The third kappa shape index (κ3) is 5.80. The first-order valence-corrected chi connectivity index (χ1v) is 20.7. The van der Waals surface area contributed by atoms with Crippen LogP contribution < -0.4 is 10.6 Å². The van der Waals surface area contributed by atoms with E-state index in [1.54, 1.807) is 0 Å². The Morgan fingerprint density at radius 2 is 1.42 bits per heavy atom. The molecule has 0 unspecified atom stereocenters. The summed E-state index contributed by atoms with van der Waals surface area (Å²) in [6.07, 6.45) is 11.1. The van der Waals surface area contributed by atoms with E-state index in [2.05, 4.69) is 65.2 Å². The lowest BCUT2D eigenvalue weighted by Crippen LogP contribution is -2.66. The molecule has 52 heavy (non-hydrogen) atoms. The van der Waals surface area contributed by atoms with Crippen molar-refractivity contribution in [3.63, 3.8) is 0 Å². The third-order valence-corrected chi connectivity index (χ3v) is 17.3. The summed E-state index contributed by atoms with van der Waals surface area (Å²) < 4.78 is 0. The molecule has 6 rings (SSSR count). The van der Waals surface area contributed by atoms with Crippen molar-refractivity contribution in [1.29, 1.82) is 0 Å². The molecule has 294 valence electrons. The van der Waals surface area contributed by atoms with Gasteiger partial charge in [0.15, 0.2) is 5.78 Å². The average Bonchev–Trinajstić information content (AvgIpc) is 3.01. The van der Waals surface area contributed by atoms with Crippen LogP contribution >= 0.6 is 0 Å². The van der Waals surface area contributed by atoms with Crippen molar-refractivity contribution in [3.8, 4) is 0 Å². The zero-order valence-corrected chi connectivity index (χ0v) is 35.0. The Morgan fingerprint density at radius 1 is 0.827 bits per heavy atom. The monoisotopic (exact) mass is 724 g/mol. The normalized spacial score (nSPS) is 44.7. The number of allylic oxidation sites excluding steroid dienone is 2. The number of rotatable bonds is 5. The molecule has 0 aromatic rings. The highest BCUT2D eigenvalue weighted by molar-refractivity contribution is 5.96. The first kappa shape index (κ1) is 39.9. The van der Waals surface area contributed by atoms with E-state index in [1.807, 2.05) is 41.5 Å². The molecular formula is C44H73N3O5. The van der Waals surface area contributed by atoms with Crippen LogP contribution in [-0.4, -0.2) is 62.2 Å². The van der Waals surface area contributed by atoms with E-state index in [0.717, 1.165) is 51.4 Å². The van der Waals surface area contributed by atoms with Crippen LogP contribution in [0.3, 0.4) is 0 Å². The molecule has 0 aromatic heterocycles. The second-order valence-electron chi connectivity index (χ2n) is 22.4. The van der Waals surface area contributed by atoms with Crippen molar-refractivity contribution in [2.45, 2.75) is 190 Å². The lowest BCUT2D eigenvalue weighted by atomic mass is 9.33. The molecule has 4 saturated carbocycles. The smallest absolute Gasteiger partial charge is 0.243 e. The molecule has 5 fully saturated rings. The summed E-state index contributed by atoms with van der Waals surface area (Å²) in [6, 6.07) is -0.787. The quantitative estimate of drug-likeness (QED) is 0.228. The van der Waals surface area contributed by atoms with Crippen molar-refractivity contribution in [2.75, 3.05) is 0 Å². The Balaban J connectivity index is 1.25. The lowest BCUT2D eigenvalue weighted by molar-refractivity contribution is -0.246. The fourth-order valence-corrected chi connectivity index (χ4v) is 13.9. The molecule has 8 nitrogen and oxygen atoms in total. The highest BCUT2D eigenvalue weighted by Gasteiger charge is 2.70. The molecule has 0 spiro atoms. The minimum Gasteiger partial charge on any atom is -0.393 e. The van der Waals surface area contributed by atoms with Gasteiger partial charge in [0.2, 0.25) is 11.8 Å². The van der Waals surface area contributed by atoms with Crippen LogP contribution in [0.5, 0.6) is 0 Å². The first-order chi connectivity index (χ1) is 23.7.